The first-order valence-electron chi connectivity index (χ1n) is 11.2. The highest BCUT2D eigenvalue weighted by Crippen LogP contribution is 2.30. The lowest BCUT2D eigenvalue weighted by Gasteiger charge is -2.29. The molecule has 0 radical (unpaired) electrons. The van der Waals surface area contributed by atoms with Crippen molar-refractivity contribution in [1.82, 2.24) is 4.90 Å². The minimum Gasteiger partial charge on any atom is -0.452 e. The largest absolute Gasteiger partial charge is 0.452 e. The van der Waals surface area contributed by atoms with Gasteiger partial charge in [-0.05, 0) is 44.0 Å². The molecule has 3 fully saturated rings. The van der Waals surface area contributed by atoms with Crippen LogP contribution in [0.5, 0.6) is 0 Å². The normalized spacial score (nSPS) is 23.1. The van der Waals surface area contributed by atoms with E-state index in [0.29, 0.717) is 25.4 Å². The molecule has 168 valence electrons. The molecule has 8 heteroatoms. The van der Waals surface area contributed by atoms with Crippen LogP contribution in [0.3, 0.4) is 0 Å². The molecule has 2 heterocycles. The number of ether oxygens (including phenoxy) is 2. The number of hydrogen-bond donors (Lipinski definition) is 1. The highest BCUT2D eigenvalue weighted by Gasteiger charge is 2.40. The van der Waals surface area contributed by atoms with Crippen molar-refractivity contribution < 1.29 is 23.9 Å². The second-order valence-corrected chi connectivity index (χ2v) is 8.60. The predicted octanol–water partition coefficient (Wildman–Crippen LogP) is 2.18. The summed E-state index contributed by atoms with van der Waals surface area (Å²) >= 11 is 0. The summed E-state index contributed by atoms with van der Waals surface area (Å²) in [7, 11) is 0. The van der Waals surface area contributed by atoms with E-state index in [4.69, 9.17) is 9.47 Å². The van der Waals surface area contributed by atoms with Crippen LogP contribution in [0.15, 0.2) is 24.3 Å². The third-order valence-corrected chi connectivity index (χ3v) is 6.43. The molecule has 2 amide bonds. The highest BCUT2D eigenvalue weighted by molar-refractivity contribution is 5.96. The minimum atomic E-state index is -0.929. The number of carbonyl (C=O) groups excluding carboxylic acids is 3. The lowest BCUT2D eigenvalue weighted by Crippen LogP contribution is -2.36. The van der Waals surface area contributed by atoms with Gasteiger partial charge in [0.05, 0.1) is 19.1 Å². The Morgan fingerprint density at radius 1 is 1.13 bits per heavy atom. The number of benzene rings is 1. The average molecular weight is 430 g/mol. The van der Waals surface area contributed by atoms with Gasteiger partial charge in [0, 0.05) is 43.5 Å². The van der Waals surface area contributed by atoms with E-state index in [0.717, 1.165) is 44.5 Å². The second kappa shape index (κ2) is 9.68. The van der Waals surface area contributed by atoms with Gasteiger partial charge in [-0.1, -0.05) is 12.8 Å². The van der Waals surface area contributed by atoms with E-state index in [1.54, 1.807) is 6.92 Å². The molecule has 1 saturated carbocycles. The number of nitrogens with one attached hydrogen (secondary N) is 1. The molecule has 0 bridgehead atoms. The summed E-state index contributed by atoms with van der Waals surface area (Å²) in [5.74, 6) is -1.33. The van der Waals surface area contributed by atoms with Crippen LogP contribution in [0.25, 0.3) is 0 Å². The number of morpholine rings is 1. The zero-order valence-electron chi connectivity index (χ0n) is 18.0. The van der Waals surface area contributed by atoms with Crippen LogP contribution in [0.4, 0.5) is 11.4 Å². The first kappa shape index (κ1) is 21.6. The molecule has 4 rings (SSSR count). The summed E-state index contributed by atoms with van der Waals surface area (Å²) in [5.41, 5.74) is 1.73. The number of hydrogen-bond acceptors (Lipinski definition) is 6. The molecule has 8 nitrogen and oxygen atoms in total. The summed E-state index contributed by atoms with van der Waals surface area (Å²) in [5, 5.41) is 2.79. The number of amides is 2. The van der Waals surface area contributed by atoms with Crippen molar-refractivity contribution in [2.75, 3.05) is 43.1 Å². The Bertz CT molecular complexity index is 800. The molecular formula is C23H31N3O5. The average Bonchev–Trinajstić information content (AvgIpc) is 3.44. The summed E-state index contributed by atoms with van der Waals surface area (Å²) < 4.78 is 10.8. The maximum atomic E-state index is 12.5. The van der Waals surface area contributed by atoms with Gasteiger partial charge in [-0.3, -0.25) is 14.4 Å². The molecule has 1 aromatic rings. The van der Waals surface area contributed by atoms with Crippen molar-refractivity contribution in [2.45, 2.75) is 51.2 Å². The molecule has 3 aliphatic rings. The summed E-state index contributed by atoms with van der Waals surface area (Å²) in [4.78, 5) is 41.4. The van der Waals surface area contributed by atoms with Gasteiger partial charge in [-0.15, -0.1) is 0 Å². The van der Waals surface area contributed by atoms with E-state index in [1.807, 2.05) is 29.2 Å². The Balaban J connectivity index is 1.26. The Kier molecular flexibility index (Phi) is 6.75. The van der Waals surface area contributed by atoms with Gasteiger partial charge in [-0.2, -0.15) is 0 Å². The number of anilines is 2. The van der Waals surface area contributed by atoms with Crippen LogP contribution >= 0.6 is 0 Å². The lowest BCUT2D eigenvalue weighted by molar-refractivity contribution is -0.157. The zero-order valence-corrected chi connectivity index (χ0v) is 18.0. The van der Waals surface area contributed by atoms with Crippen LogP contribution < -0.4 is 10.2 Å². The lowest BCUT2D eigenvalue weighted by atomic mass is 10.1. The van der Waals surface area contributed by atoms with E-state index >= 15 is 0 Å². The standard InChI is InChI=1S/C23H31N3O5/c1-16(31-23(29)17-14-21(27)26(15-17)20-4-2-3-5-20)22(28)24-18-6-8-19(9-7-18)25-10-12-30-13-11-25/h6-9,16-17,20H,2-5,10-15H2,1H3,(H,24,28). The van der Waals surface area contributed by atoms with E-state index in [9.17, 15) is 14.4 Å². The van der Waals surface area contributed by atoms with E-state index < -0.39 is 18.0 Å². The maximum Gasteiger partial charge on any atom is 0.312 e. The van der Waals surface area contributed by atoms with Gasteiger partial charge in [0.25, 0.3) is 5.91 Å². The third-order valence-electron chi connectivity index (χ3n) is 6.43. The zero-order chi connectivity index (χ0) is 21.8. The van der Waals surface area contributed by atoms with Crippen LogP contribution in [-0.2, 0) is 23.9 Å². The number of likely N-dealkylation sites (tertiary alicyclic amines) is 1. The quantitative estimate of drug-likeness (QED) is 0.698. The van der Waals surface area contributed by atoms with Crippen LogP contribution in [0.2, 0.25) is 0 Å². The minimum absolute atomic E-state index is 0.0197. The Hall–Kier alpha value is -2.61. The summed E-state index contributed by atoms with van der Waals surface area (Å²) in [6.45, 7) is 5.08. The van der Waals surface area contributed by atoms with Gasteiger partial charge in [0.15, 0.2) is 6.10 Å². The molecule has 2 aliphatic heterocycles. The van der Waals surface area contributed by atoms with E-state index in [2.05, 4.69) is 10.2 Å². The Morgan fingerprint density at radius 2 is 1.81 bits per heavy atom. The summed E-state index contributed by atoms with van der Waals surface area (Å²) in [6, 6.07) is 7.85. The van der Waals surface area contributed by atoms with E-state index in [-0.39, 0.29) is 24.3 Å². The Labute approximate surface area is 182 Å². The fourth-order valence-electron chi connectivity index (χ4n) is 4.60. The molecule has 1 aromatic carbocycles. The fourth-order valence-corrected chi connectivity index (χ4v) is 4.60. The molecule has 2 saturated heterocycles. The van der Waals surface area contributed by atoms with Crippen molar-refractivity contribution in [1.29, 1.82) is 0 Å². The molecule has 1 N–H and O–H groups in total. The smallest absolute Gasteiger partial charge is 0.312 e. The molecule has 1 aliphatic carbocycles. The fraction of sp³-hybridized carbons (Fsp3) is 0.609. The van der Waals surface area contributed by atoms with Crippen molar-refractivity contribution in [3.8, 4) is 0 Å². The third kappa shape index (κ3) is 5.18. The number of nitrogens with zero attached hydrogens (tertiary/aromatic N) is 2. The van der Waals surface area contributed by atoms with Gasteiger partial charge in [0.2, 0.25) is 5.91 Å². The molecule has 31 heavy (non-hydrogen) atoms. The van der Waals surface area contributed by atoms with Gasteiger partial charge >= 0.3 is 5.97 Å². The van der Waals surface area contributed by atoms with Gasteiger partial charge in [0.1, 0.15) is 0 Å². The molecule has 0 spiro atoms. The molecule has 2 atom stereocenters. The predicted molar refractivity (Wildman–Crippen MR) is 116 cm³/mol. The van der Waals surface area contributed by atoms with E-state index in [1.165, 1.54) is 0 Å². The highest BCUT2D eigenvalue weighted by atomic mass is 16.5. The van der Waals surface area contributed by atoms with Crippen LogP contribution in [0, 0.1) is 5.92 Å². The summed E-state index contributed by atoms with van der Waals surface area (Å²) in [6.07, 6.45) is 3.53. The van der Waals surface area contributed by atoms with Crippen molar-refractivity contribution in [2.24, 2.45) is 5.92 Å². The number of rotatable bonds is 6. The van der Waals surface area contributed by atoms with Crippen molar-refractivity contribution in [3.63, 3.8) is 0 Å². The molecular weight excluding hydrogens is 398 g/mol. The van der Waals surface area contributed by atoms with Gasteiger partial charge < -0.3 is 24.6 Å². The van der Waals surface area contributed by atoms with Crippen molar-refractivity contribution >= 4 is 29.2 Å². The monoisotopic (exact) mass is 429 g/mol. The SMILES string of the molecule is CC(OC(=O)C1CC(=O)N(C2CCCC2)C1)C(=O)Nc1ccc(N2CCOCC2)cc1. The first-order valence-corrected chi connectivity index (χ1v) is 11.2. The molecule has 0 aromatic heterocycles. The first-order chi connectivity index (χ1) is 15.0. The van der Waals surface area contributed by atoms with Crippen LogP contribution in [0.1, 0.15) is 39.0 Å². The van der Waals surface area contributed by atoms with Crippen LogP contribution in [-0.4, -0.2) is 67.7 Å². The Morgan fingerprint density at radius 3 is 2.48 bits per heavy atom. The van der Waals surface area contributed by atoms with Crippen molar-refractivity contribution in [3.05, 3.63) is 24.3 Å². The maximum absolute atomic E-state index is 12.5. The van der Waals surface area contributed by atoms with Gasteiger partial charge in [-0.25, -0.2) is 0 Å². The number of carbonyl (C=O) groups is 3. The topological polar surface area (TPSA) is 88.2 Å². The molecule has 2 unspecified atom stereocenters. The number of esters is 1. The second-order valence-electron chi connectivity index (χ2n) is 8.60.